The molecule has 2 aromatic rings. The van der Waals surface area contributed by atoms with Gasteiger partial charge in [-0.15, -0.1) is 0 Å². The van der Waals surface area contributed by atoms with Gasteiger partial charge in [-0.1, -0.05) is 50.5 Å². The van der Waals surface area contributed by atoms with E-state index in [4.69, 9.17) is 5.11 Å². The summed E-state index contributed by atoms with van der Waals surface area (Å²) in [4.78, 5) is 11.2. The van der Waals surface area contributed by atoms with Crippen LogP contribution in [0.15, 0.2) is 36.4 Å². The van der Waals surface area contributed by atoms with Crippen molar-refractivity contribution in [3.8, 4) is 0 Å². The van der Waals surface area contributed by atoms with Crippen LogP contribution in [0.5, 0.6) is 0 Å². The van der Waals surface area contributed by atoms with Gasteiger partial charge in [0.25, 0.3) is 0 Å². The van der Waals surface area contributed by atoms with E-state index in [-0.39, 0.29) is 0 Å². The Kier molecular flexibility index (Phi) is 4.74. The SMILES string of the molecule is CCCCC[C@@H](O)c1ccc2c(C(=O)O)cccc2c1. The molecular weight excluding hydrogens is 252 g/mol. The van der Waals surface area contributed by atoms with Gasteiger partial charge in [0, 0.05) is 0 Å². The molecule has 2 aromatic carbocycles. The third kappa shape index (κ3) is 3.17. The van der Waals surface area contributed by atoms with Gasteiger partial charge >= 0.3 is 5.97 Å². The van der Waals surface area contributed by atoms with Gasteiger partial charge in [0.05, 0.1) is 11.7 Å². The van der Waals surface area contributed by atoms with E-state index in [1.807, 2.05) is 18.2 Å². The van der Waals surface area contributed by atoms with Gasteiger partial charge in [-0.2, -0.15) is 0 Å². The minimum absolute atomic E-state index is 0.300. The van der Waals surface area contributed by atoms with Gasteiger partial charge in [-0.3, -0.25) is 0 Å². The first-order chi connectivity index (χ1) is 9.63. The lowest BCUT2D eigenvalue weighted by molar-refractivity contribution is 0.0699. The zero-order valence-electron chi connectivity index (χ0n) is 11.7. The fraction of sp³-hybridized carbons (Fsp3) is 0.353. The quantitative estimate of drug-likeness (QED) is 0.776. The van der Waals surface area contributed by atoms with E-state index in [1.165, 1.54) is 0 Å². The summed E-state index contributed by atoms with van der Waals surface area (Å²) in [6.07, 6.45) is 3.53. The second-order valence-corrected chi connectivity index (χ2v) is 5.10. The molecule has 106 valence electrons. The first kappa shape index (κ1) is 14.5. The summed E-state index contributed by atoms with van der Waals surface area (Å²) < 4.78 is 0. The minimum atomic E-state index is -0.924. The van der Waals surface area contributed by atoms with Crippen LogP contribution >= 0.6 is 0 Å². The van der Waals surface area contributed by atoms with Crippen molar-refractivity contribution in [1.82, 2.24) is 0 Å². The lowest BCUT2D eigenvalue weighted by Gasteiger charge is -2.12. The number of benzene rings is 2. The first-order valence-corrected chi connectivity index (χ1v) is 7.07. The van der Waals surface area contributed by atoms with E-state index in [2.05, 4.69) is 6.92 Å². The van der Waals surface area contributed by atoms with Crippen molar-refractivity contribution >= 4 is 16.7 Å². The summed E-state index contributed by atoms with van der Waals surface area (Å²) in [5.41, 5.74) is 1.16. The van der Waals surface area contributed by atoms with Gasteiger partial charge < -0.3 is 10.2 Å². The maximum Gasteiger partial charge on any atom is 0.336 e. The van der Waals surface area contributed by atoms with E-state index >= 15 is 0 Å². The highest BCUT2D eigenvalue weighted by Gasteiger charge is 2.11. The van der Waals surface area contributed by atoms with E-state index in [9.17, 15) is 9.90 Å². The van der Waals surface area contributed by atoms with Crippen molar-refractivity contribution in [3.05, 3.63) is 47.5 Å². The van der Waals surface area contributed by atoms with Crippen LogP contribution in [0.3, 0.4) is 0 Å². The van der Waals surface area contributed by atoms with Crippen molar-refractivity contribution in [2.75, 3.05) is 0 Å². The Morgan fingerprint density at radius 3 is 2.70 bits per heavy atom. The van der Waals surface area contributed by atoms with Crippen molar-refractivity contribution in [3.63, 3.8) is 0 Å². The monoisotopic (exact) mass is 272 g/mol. The number of hydrogen-bond donors (Lipinski definition) is 2. The van der Waals surface area contributed by atoms with Crippen LogP contribution in [0.2, 0.25) is 0 Å². The fourth-order valence-corrected chi connectivity index (χ4v) is 2.45. The molecule has 0 fully saturated rings. The molecule has 0 aliphatic rings. The summed E-state index contributed by atoms with van der Waals surface area (Å²) in [6, 6.07) is 10.7. The zero-order chi connectivity index (χ0) is 14.5. The van der Waals surface area contributed by atoms with Gasteiger partial charge in [-0.25, -0.2) is 4.79 Å². The molecule has 0 saturated carbocycles. The van der Waals surface area contributed by atoms with Crippen molar-refractivity contribution in [1.29, 1.82) is 0 Å². The van der Waals surface area contributed by atoms with E-state index in [1.54, 1.807) is 18.2 Å². The average molecular weight is 272 g/mol. The summed E-state index contributed by atoms with van der Waals surface area (Å²) >= 11 is 0. The van der Waals surface area contributed by atoms with Crippen molar-refractivity contribution in [2.24, 2.45) is 0 Å². The van der Waals surface area contributed by atoms with Crippen LogP contribution in [0.4, 0.5) is 0 Å². The topological polar surface area (TPSA) is 57.5 Å². The lowest BCUT2D eigenvalue weighted by Crippen LogP contribution is -2.00. The number of aromatic carboxylic acids is 1. The second-order valence-electron chi connectivity index (χ2n) is 5.10. The summed E-state index contributed by atoms with van der Waals surface area (Å²) in [5, 5.41) is 20.9. The summed E-state index contributed by atoms with van der Waals surface area (Å²) in [7, 11) is 0. The highest BCUT2D eigenvalue weighted by molar-refractivity contribution is 6.03. The molecule has 1 atom stereocenters. The van der Waals surface area contributed by atoms with E-state index < -0.39 is 12.1 Å². The second kappa shape index (κ2) is 6.53. The number of carboxylic acids is 1. The predicted octanol–water partition coefficient (Wildman–Crippen LogP) is 4.15. The Morgan fingerprint density at radius 2 is 2.00 bits per heavy atom. The fourth-order valence-electron chi connectivity index (χ4n) is 2.45. The number of fused-ring (bicyclic) bond motifs is 1. The smallest absolute Gasteiger partial charge is 0.336 e. The largest absolute Gasteiger partial charge is 0.478 e. The number of aliphatic hydroxyl groups excluding tert-OH is 1. The first-order valence-electron chi connectivity index (χ1n) is 7.07. The maximum atomic E-state index is 11.2. The number of carbonyl (C=O) groups is 1. The predicted molar refractivity (Wildman–Crippen MR) is 80.0 cm³/mol. The van der Waals surface area contributed by atoms with Crippen LogP contribution in [-0.2, 0) is 0 Å². The van der Waals surface area contributed by atoms with Gasteiger partial charge in [-0.05, 0) is 34.9 Å². The molecule has 2 N–H and O–H groups in total. The molecule has 2 rings (SSSR count). The van der Waals surface area contributed by atoms with Crippen LogP contribution in [0.1, 0.15) is 54.6 Å². The van der Waals surface area contributed by atoms with E-state index in [0.717, 1.165) is 36.6 Å². The molecule has 3 nitrogen and oxygen atoms in total. The Labute approximate surface area is 118 Å². The van der Waals surface area contributed by atoms with Crippen LogP contribution < -0.4 is 0 Å². The highest BCUT2D eigenvalue weighted by Crippen LogP contribution is 2.26. The number of unbranched alkanes of at least 4 members (excludes halogenated alkanes) is 2. The normalized spacial score (nSPS) is 12.5. The number of hydrogen-bond acceptors (Lipinski definition) is 2. The third-order valence-corrected chi connectivity index (χ3v) is 3.60. The Bertz CT molecular complexity index is 604. The van der Waals surface area contributed by atoms with Crippen molar-refractivity contribution < 1.29 is 15.0 Å². The molecular formula is C17H20O3. The van der Waals surface area contributed by atoms with Gasteiger partial charge in [0.2, 0.25) is 0 Å². The molecule has 20 heavy (non-hydrogen) atoms. The Hall–Kier alpha value is -1.87. The molecule has 0 aliphatic heterocycles. The van der Waals surface area contributed by atoms with Gasteiger partial charge in [0.15, 0.2) is 0 Å². The molecule has 0 saturated heterocycles. The molecule has 0 unspecified atom stereocenters. The third-order valence-electron chi connectivity index (χ3n) is 3.60. The van der Waals surface area contributed by atoms with Gasteiger partial charge in [0.1, 0.15) is 0 Å². The minimum Gasteiger partial charge on any atom is -0.478 e. The lowest BCUT2D eigenvalue weighted by atomic mass is 9.97. The molecule has 0 aliphatic carbocycles. The van der Waals surface area contributed by atoms with E-state index in [0.29, 0.717) is 10.9 Å². The Balaban J connectivity index is 2.28. The summed E-state index contributed by atoms with van der Waals surface area (Å²) in [5.74, 6) is -0.924. The van der Waals surface area contributed by atoms with Crippen molar-refractivity contribution in [2.45, 2.75) is 38.7 Å². The highest BCUT2D eigenvalue weighted by atomic mass is 16.4. The maximum absolute atomic E-state index is 11.2. The molecule has 0 amide bonds. The molecule has 3 heteroatoms. The molecule has 0 bridgehead atoms. The van der Waals surface area contributed by atoms with Crippen LogP contribution in [-0.4, -0.2) is 16.2 Å². The number of carboxylic acid groups (broad SMARTS) is 1. The Morgan fingerprint density at radius 1 is 1.20 bits per heavy atom. The summed E-state index contributed by atoms with van der Waals surface area (Å²) in [6.45, 7) is 2.13. The number of rotatable bonds is 6. The standard InChI is InChI=1S/C17H20O3/c1-2-3-4-8-16(18)13-9-10-14-12(11-13)6-5-7-15(14)17(19)20/h5-7,9-11,16,18H,2-4,8H2,1H3,(H,19,20)/t16-/m1/s1. The molecule has 0 radical (unpaired) electrons. The van der Waals surface area contributed by atoms with Crippen LogP contribution in [0, 0.1) is 0 Å². The zero-order valence-corrected chi connectivity index (χ0v) is 11.7. The number of aliphatic hydroxyl groups is 1. The average Bonchev–Trinajstić information content (AvgIpc) is 2.46. The molecule has 0 heterocycles. The van der Waals surface area contributed by atoms with Crippen LogP contribution in [0.25, 0.3) is 10.8 Å². The molecule has 0 aromatic heterocycles. The molecule has 0 spiro atoms.